The molecule has 1 aromatic rings. The number of unbranched alkanes of at least 4 members (excludes halogenated alkanes) is 7. The van der Waals surface area contributed by atoms with Crippen LogP contribution in [0.4, 0.5) is 0 Å². The van der Waals surface area contributed by atoms with E-state index in [1.807, 2.05) is 0 Å². The predicted molar refractivity (Wildman–Crippen MR) is 121 cm³/mol. The Morgan fingerprint density at radius 2 is 1.39 bits per heavy atom. The van der Waals surface area contributed by atoms with E-state index in [0.717, 1.165) is 12.8 Å². The molecule has 0 atom stereocenters. The van der Waals surface area contributed by atoms with Crippen molar-refractivity contribution in [2.75, 3.05) is 13.2 Å². The number of hydrogen-bond acceptors (Lipinski definition) is 6. The number of aliphatic hydroxyl groups is 1. The van der Waals surface area contributed by atoms with Gasteiger partial charge < -0.3 is 25.2 Å². The fourth-order valence-electron chi connectivity index (χ4n) is 2.90. The molecule has 0 fully saturated rings. The molecule has 0 radical (unpaired) electrons. The van der Waals surface area contributed by atoms with Crippen molar-refractivity contribution in [3.63, 3.8) is 0 Å². The Kier molecular flexibility index (Phi) is 17.0. The van der Waals surface area contributed by atoms with E-state index in [-0.39, 0.29) is 30.8 Å². The van der Waals surface area contributed by atoms with Gasteiger partial charge in [-0.2, -0.15) is 0 Å². The van der Waals surface area contributed by atoms with E-state index >= 15 is 0 Å². The van der Waals surface area contributed by atoms with Gasteiger partial charge in [-0.3, -0.25) is 9.59 Å². The van der Waals surface area contributed by atoms with Crippen LogP contribution in [0.5, 0.6) is 0 Å². The molecule has 33 heavy (non-hydrogen) atoms. The SMILES string of the molecule is CCCCCCCCCC(C(=O)O)C(=O)O.O=C(O)c1cccc(C(=O)OCCCCO)c1. The van der Waals surface area contributed by atoms with E-state index in [0.29, 0.717) is 19.3 Å². The summed E-state index contributed by atoms with van der Waals surface area (Å²) in [5.74, 6) is -5.31. The third-order valence-electron chi connectivity index (χ3n) is 4.82. The second kappa shape index (κ2) is 18.6. The number of aliphatic carboxylic acids is 2. The molecule has 0 aromatic heterocycles. The summed E-state index contributed by atoms with van der Waals surface area (Å²) in [7, 11) is 0. The number of ether oxygens (including phenoxy) is 1. The van der Waals surface area contributed by atoms with Crippen LogP contribution in [-0.4, -0.2) is 57.5 Å². The Balaban J connectivity index is 0.000000622. The molecular formula is C24H36O9. The van der Waals surface area contributed by atoms with E-state index in [2.05, 4.69) is 6.92 Å². The maximum atomic E-state index is 11.5. The maximum Gasteiger partial charge on any atom is 0.338 e. The third kappa shape index (κ3) is 14.7. The van der Waals surface area contributed by atoms with Gasteiger partial charge in [0.1, 0.15) is 0 Å². The molecule has 0 amide bonds. The summed E-state index contributed by atoms with van der Waals surface area (Å²) in [6.45, 7) is 2.44. The van der Waals surface area contributed by atoms with Crippen molar-refractivity contribution in [3.8, 4) is 0 Å². The number of carbonyl (C=O) groups is 4. The van der Waals surface area contributed by atoms with Gasteiger partial charge >= 0.3 is 23.9 Å². The van der Waals surface area contributed by atoms with Crippen molar-refractivity contribution in [2.24, 2.45) is 5.92 Å². The van der Waals surface area contributed by atoms with Crippen LogP contribution < -0.4 is 0 Å². The lowest BCUT2D eigenvalue weighted by molar-refractivity contribution is -0.154. The van der Waals surface area contributed by atoms with Crippen molar-refractivity contribution >= 4 is 23.9 Å². The Labute approximate surface area is 194 Å². The van der Waals surface area contributed by atoms with Crippen LogP contribution in [0.15, 0.2) is 24.3 Å². The number of carbonyl (C=O) groups excluding carboxylic acids is 1. The summed E-state index contributed by atoms with van der Waals surface area (Å²) >= 11 is 0. The lowest BCUT2D eigenvalue weighted by atomic mass is 10.0. The number of benzene rings is 1. The molecule has 1 aromatic carbocycles. The Morgan fingerprint density at radius 1 is 0.818 bits per heavy atom. The zero-order chi connectivity index (χ0) is 25.1. The van der Waals surface area contributed by atoms with E-state index in [4.69, 9.17) is 25.2 Å². The highest BCUT2D eigenvalue weighted by atomic mass is 16.5. The number of esters is 1. The van der Waals surface area contributed by atoms with Gasteiger partial charge in [0.2, 0.25) is 0 Å². The lowest BCUT2D eigenvalue weighted by Gasteiger charge is -2.06. The van der Waals surface area contributed by atoms with E-state index < -0.39 is 29.8 Å². The van der Waals surface area contributed by atoms with Crippen LogP contribution in [0.25, 0.3) is 0 Å². The standard InChI is InChI=1S/C12H14O5.C12H22O4/c13-6-1-2-7-17-12(16)10-5-3-4-9(8-10)11(14)15;1-2-3-4-5-6-7-8-9-10(11(13)14)12(15)16/h3-5,8,13H,1-2,6-7H2,(H,14,15);10H,2-9H2,1H3,(H,13,14)(H,15,16). The number of carboxylic acid groups (broad SMARTS) is 3. The molecule has 0 unspecified atom stereocenters. The highest BCUT2D eigenvalue weighted by molar-refractivity contribution is 5.94. The molecule has 0 spiro atoms. The van der Waals surface area contributed by atoms with Crippen molar-refractivity contribution in [1.29, 1.82) is 0 Å². The summed E-state index contributed by atoms with van der Waals surface area (Å²) in [6.07, 6.45) is 8.94. The average Bonchev–Trinajstić information content (AvgIpc) is 2.78. The first-order valence-corrected chi connectivity index (χ1v) is 11.3. The van der Waals surface area contributed by atoms with Crippen LogP contribution >= 0.6 is 0 Å². The first kappa shape index (κ1) is 30.1. The molecule has 0 aliphatic rings. The van der Waals surface area contributed by atoms with E-state index in [1.165, 1.54) is 49.9 Å². The molecule has 9 heteroatoms. The second-order valence-corrected chi connectivity index (χ2v) is 7.59. The number of aliphatic hydroxyl groups excluding tert-OH is 1. The highest BCUT2D eigenvalue weighted by Gasteiger charge is 2.24. The van der Waals surface area contributed by atoms with Gasteiger partial charge in [-0.05, 0) is 37.5 Å². The van der Waals surface area contributed by atoms with Crippen molar-refractivity contribution < 1.29 is 44.3 Å². The van der Waals surface area contributed by atoms with Crippen LogP contribution in [0.3, 0.4) is 0 Å². The molecule has 0 bridgehead atoms. The highest BCUT2D eigenvalue weighted by Crippen LogP contribution is 2.13. The number of aromatic carboxylic acids is 1. The molecule has 9 nitrogen and oxygen atoms in total. The Hall–Kier alpha value is -2.94. The molecule has 1 rings (SSSR count). The maximum absolute atomic E-state index is 11.5. The summed E-state index contributed by atoms with van der Waals surface area (Å²) in [6, 6.07) is 5.68. The average molecular weight is 469 g/mol. The van der Waals surface area contributed by atoms with Crippen molar-refractivity contribution in [3.05, 3.63) is 35.4 Å². The minimum Gasteiger partial charge on any atom is -0.481 e. The quantitative estimate of drug-likeness (QED) is 0.158. The first-order chi connectivity index (χ1) is 15.7. The molecular weight excluding hydrogens is 432 g/mol. The number of hydrogen-bond donors (Lipinski definition) is 4. The minimum atomic E-state index is -1.23. The number of rotatable bonds is 16. The van der Waals surface area contributed by atoms with Crippen LogP contribution in [0.2, 0.25) is 0 Å². The third-order valence-corrected chi connectivity index (χ3v) is 4.82. The van der Waals surface area contributed by atoms with Gasteiger partial charge in [-0.25, -0.2) is 9.59 Å². The van der Waals surface area contributed by atoms with Crippen LogP contribution in [0.1, 0.15) is 91.8 Å². The smallest absolute Gasteiger partial charge is 0.338 e. The van der Waals surface area contributed by atoms with E-state index in [9.17, 15) is 19.2 Å². The molecule has 0 saturated heterocycles. The van der Waals surface area contributed by atoms with Gasteiger partial charge in [0.15, 0.2) is 5.92 Å². The molecule has 0 saturated carbocycles. The van der Waals surface area contributed by atoms with Crippen LogP contribution in [-0.2, 0) is 14.3 Å². The monoisotopic (exact) mass is 468 g/mol. The first-order valence-electron chi connectivity index (χ1n) is 11.3. The summed E-state index contributed by atoms with van der Waals surface area (Å²) < 4.78 is 4.92. The zero-order valence-corrected chi connectivity index (χ0v) is 19.2. The second-order valence-electron chi connectivity index (χ2n) is 7.59. The molecule has 186 valence electrons. The molecule has 0 heterocycles. The summed E-state index contributed by atoms with van der Waals surface area (Å²) in [5.41, 5.74) is 0.267. The topological polar surface area (TPSA) is 158 Å². The van der Waals surface area contributed by atoms with Gasteiger partial charge in [0.25, 0.3) is 0 Å². The molecule has 4 N–H and O–H groups in total. The van der Waals surface area contributed by atoms with Gasteiger partial charge in [-0.15, -0.1) is 0 Å². The zero-order valence-electron chi connectivity index (χ0n) is 19.2. The Morgan fingerprint density at radius 3 is 1.94 bits per heavy atom. The van der Waals surface area contributed by atoms with Crippen molar-refractivity contribution in [2.45, 2.75) is 71.1 Å². The van der Waals surface area contributed by atoms with Gasteiger partial charge in [0.05, 0.1) is 17.7 Å². The van der Waals surface area contributed by atoms with Gasteiger partial charge in [-0.1, -0.05) is 57.9 Å². The Bertz CT molecular complexity index is 716. The fraction of sp³-hybridized carbons (Fsp3) is 0.583. The van der Waals surface area contributed by atoms with Crippen molar-refractivity contribution in [1.82, 2.24) is 0 Å². The van der Waals surface area contributed by atoms with E-state index in [1.54, 1.807) is 0 Å². The lowest BCUT2D eigenvalue weighted by Crippen LogP contribution is -2.23. The van der Waals surface area contributed by atoms with Crippen LogP contribution in [0, 0.1) is 5.92 Å². The fourth-order valence-corrected chi connectivity index (χ4v) is 2.90. The largest absolute Gasteiger partial charge is 0.481 e. The van der Waals surface area contributed by atoms with Gasteiger partial charge in [0, 0.05) is 6.61 Å². The molecule has 0 aliphatic heterocycles. The minimum absolute atomic E-state index is 0.0507. The molecule has 0 aliphatic carbocycles. The normalized spacial score (nSPS) is 10.3. The predicted octanol–water partition coefficient (Wildman–Crippen LogP) is 4.23. The number of carboxylic acids is 3. The summed E-state index contributed by atoms with van der Waals surface area (Å²) in [4.78, 5) is 43.3. The summed E-state index contributed by atoms with van der Waals surface area (Å²) in [5, 5.41) is 34.6.